The van der Waals surface area contributed by atoms with Crippen molar-refractivity contribution in [3.63, 3.8) is 0 Å². The molecule has 0 spiro atoms. The smallest absolute Gasteiger partial charge is 0.237 e. The van der Waals surface area contributed by atoms with Crippen molar-refractivity contribution in [1.29, 1.82) is 0 Å². The van der Waals surface area contributed by atoms with Gasteiger partial charge in [-0.05, 0) is 38.1 Å². The molecule has 0 bridgehead atoms. The van der Waals surface area contributed by atoms with Crippen LogP contribution >= 0.6 is 11.8 Å². The van der Waals surface area contributed by atoms with Gasteiger partial charge in [0.05, 0.1) is 11.9 Å². The summed E-state index contributed by atoms with van der Waals surface area (Å²) in [7, 11) is 0. The number of hydrogen-bond acceptors (Lipinski definition) is 5. The largest absolute Gasteiger partial charge is 0.494 e. The van der Waals surface area contributed by atoms with E-state index in [-0.39, 0.29) is 11.2 Å². The van der Waals surface area contributed by atoms with Gasteiger partial charge in [-0.3, -0.25) is 9.36 Å². The van der Waals surface area contributed by atoms with Gasteiger partial charge in [-0.25, -0.2) is 0 Å². The lowest BCUT2D eigenvalue weighted by Gasteiger charge is -2.13. The Hall–Kier alpha value is -3.06. The summed E-state index contributed by atoms with van der Waals surface area (Å²) < 4.78 is 7.39. The van der Waals surface area contributed by atoms with E-state index in [2.05, 4.69) is 22.1 Å². The number of ether oxygens (including phenoxy) is 1. The van der Waals surface area contributed by atoms with Crippen LogP contribution in [-0.4, -0.2) is 32.5 Å². The molecule has 0 saturated heterocycles. The quantitative estimate of drug-likeness (QED) is 0.412. The highest BCUT2D eigenvalue weighted by molar-refractivity contribution is 8.00. The van der Waals surface area contributed by atoms with Gasteiger partial charge in [-0.15, -0.1) is 16.8 Å². The van der Waals surface area contributed by atoms with E-state index in [0.717, 1.165) is 22.8 Å². The number of anilines is 1. The van der Waals surface area contributed by atoms with Crippen molar-refractivity contribution in [3.8, 4) is 17.1 Å². The van der Waals surface area contributed by atoms with Gasteiger partial charge in [-0.2, -0.15) is 0 Å². The number of allylic oxidation sites excluding steroid dienone is 1. The van der Waals surface area contributed by atoms with Crippen LogP contribution in [0.15, 0.2) is 72.4 Å². The fourth-order valence-electron chi connectivity index (χ4n) is 2.73. The molecule has 7 heteroatoms. The van der Waals surface area contributed by atoms with Gasteiger partial charge in [0.25, 0.3) is 0 Å². The van der Waals surface area contributed by atoms with Crippen molar-refractivity contribution in [1.82, 2.24) is 14.8 Å². The van der Waals surface area contributed by atoms with E-state index in [4.69, 9.17) is 4.74 Å². The molecule has 1 aromatic heterocycles. The van der Waals surface area contributed by atoms with Crippen LogP contribution in [0.4, 0.5) is 5.69 Å². The fourth-order valence-corrected chi connectivity index (χ4v) is 3.59. The summed E-state index contributed by atoms with van der Waals surface area (Å²) >= 11 is 1.37. The topological polar surface area (TPSA) is 69.0 Å². The summed E-state index contributed by atoms with van der Waals surface area (Å²) in [6, 6.07) is 17.2. The monoisotopic (exact) mass is 408 g/mol. The van der Waals surface area contributed by atoms with Crippen LogP contribution in [0.5, 0.6) is 5.75 Å². The van der Waals surface area contributed by atoms with Crippen LogP contribution in [0, 0.1) is 0 Å². The Labute approximate surface area is 175 Å². The zero-order valence-electron chi connectivity index (χ0n) is 16.5. The summed E-state index contributed by atoms with van der Waals surface area (Å²) in [4.78, 5) is 12.6. The van der Waals surface area contributed by atoms with Crippen LogP contribution in [0.25, 0.3) is 11.4 Å². The van der Waals surface area contributed by atoms with Gasteiger partial charge >= 0.3 is 0 Å². The number of carbonyl (C=O) groups is 1. The van der Waals surface area contributed by atoms with Gasteiger partial charge < -0.3 is 10.1 Å². The second-order valence-corrected chi connectivity index (χ2v) is 7.59. The van der Waals surface area contributed by atoms with E-state index in [1.807, 2.05) is 73.0 Å². The predicted octanol–water partition coefficient (Wildman–Crippen LogP) is 4.65. The van der Waals surface area contributed by atoms with Gasteiger partial charge in [-0.1, -0.05) is 48.2 Å². The van der Waals surface area contributed by atoms with Crippen LogP contribution in [0.3, 0.4) is 0 Å². The highest BCUT2D eigenvalue weighted by Crippen LogP contribution is 2.27. The summed E-state index contributed by atoms with van der Waals surface area (Å²) in [5.74, 6) is 1.43. The summed E-state index contributed by atoms with van der Waals surface area (Å²) in [5, 5.41) is 11.9. The van der Waals surface area contributed by atoms with Crippen LogP contribution in [0.1, 0.15) is 13.8 Å². The number of hydrogen-bond donors (Lipinski definition) is 1. The lowest BCUT2D eigenvalue weighted by molar-refractivity contribution is -0.115. The average molecular weight is 409 g/mol. The first-order valence-electron chi connectivity index (χ1n) is 9.42. The number of thioether (sulfide) groups is 1. The third kappa shape index (κ3) is 5.26. The molecule has 3 rings (SSSR count). The standard InChI is InChI=1S/C22H24N4O2S/c1-4-15-26-20(17-9-7-6-8-10-17)24-25-22(26)29-16(3)21(27)23-18-11-13-19(14-12-18)28-5-2/h4,6-14,16H,1,5,15H2,2-3H3,(H,23,27). The van der Waals surface area contributed by atoms with E-state index < -0.39 is 0 Å². The van der Waals surface area contributed by atoms with E-state index in [9.17, 15) is 4.79 Å². The first-order valence-corrected chi connectivity index (χ1v) is 10.3. The van der Waals surface area contributed by atoms with Gasteiger partial charge in [0.1, 0.15) is 5.75 Å². The molecule has 0 fully saturated rings. The molecule has 1 unspecified atom stereocenters. The molecule has 0 aliphatic rings. The molecule has 3 aromatic rings. The lowest BCUT2D eigenvalue weighted by atomic mass is 10.2. The maximum Gasteiger partial charge on any atom is 0.237 e. The number of aromatic nitrogens is 3. The maximum atomic E-state index is 12.6. The minimum absolute atomic E-state index is 0.103. The molecule has 0 radical (unpaired) electrons. The Morgan fingerprint density at radius 2 is 1.93 bits per heavy atom. The van der Waals surface area contributed by atoms with Crippen LogP contribution in [0.2, 0.25) is 0 Å². The average Bonchev–Trinajstić information content (AvgIpc) is 3.13. The molecule has 1 atom stereocenters. The number of nitrogens with zero attached hydrogens (tertiary/aromatic N) is 3. The van der Waals surface area contributed by atoms with Crippen molar-refractivity contribution in [2.75, 3.05) is 11.9 Å². The molecule has 1 N–H and O–H groups in total. The molecule has 0 aliphatic carbocycles. The Kier molecular flexibility index (Phi) is 7.08. The zero-order valence-corrected chi connectivity index (χ0v) is 17.4. The summed E-state index contributed by atoms with van der Waals surface area (Å²) in [6.07, 6.45) is 1.80. The molecule has 0 aliphatic heterocycles. The minimum Gasteiger partial charge on any atom is -0.494 e. The molecule has 6 nitrogen and oxygen atoms in total. The molecule has 1 amide bonds. The molecule has 1 heterocycles. The fraction of sp³-hybridized carbons (Fsp3) is 0.227. The predicted molar refractivity (Wildman–Crippen MR) is 117 cm³/mol. The van der Waals surface area contributed by atoms with Gasteiger partial charge in [0, 0.05) is 17.8 Å². The summed E-state index contributed by atoms with van der Waals surface area (Å²) in [5.41, 5.74) is 1.70. The molecule has 150 valence electrons. The highest BCUT2D eigenvalue weighted by atomic mass is 32.2. The number of rotatable bonds is 9. The molecule has 2 aromatic carbocycles. The number of carbonyl (C=O) groups excluding carboxylic acids is 1. The van der Waals surface area contributed by atoms with Crippen LogP contribution < -0.4 is 10.1 Å². The Balaban J connectivity index is 1.71. The lowest BCUT2D eigenvalue weighted by Crippen LogP contribution is -2.23. The Morgan fingerprint density at radius 3 is 2.59 bits per heavy atom. The van der Waals surface area contributed by atoms with Crippen molar-refractivity contribution in [3.05, 3.63) is 67.3 Å². The first kappa shape index (κ1) is 20.7. The third-order valence-corrected chi connectivity index (χ3v) is 5.23. The van der Waals surface area contributed by atoms with Gasteiger partial charge in [0.15, 0.2) is 11.0 Å². The summed E-state index contributed by atoms with van der Waals surface area (Å²) in [6.45, 7) is 8.78. The van der Waals surface area contributed by atoms with E-state index >= 15 is 0 Å². The first-order chi connectivity index (χ1) is 14.1. The molecule has 29 heavy (non-hydrogen) atoms. The third-order valence-electron chi connectivity index (χ3n) is 4.14. The number of amides is 1. The van der Waals surface area contributed by atoms with E-state index in [1.54, 1.807) is 6.08 Å². The van der Waals surface area contributed by atoms with Gasteiger partial charge in [0.2, 0.25) is 5.91 Å². The van der Waals surface area contributed by atoms with Crippen molar-refractivity contribution in [2.45, 2.75) is 30.8 Å². The molecular formula is C22H24N4O2S. The zero-order chi connectivity index (χ0) is 20.6. The maximum absolute atomic E-state index is 12.6. The molecular weight excluding hydrogens is 384 g/mol. The SMILES string of the molecule is C=CCn1c(SC(C)C(=O)Nc2ccc(OCC)cc2)nnc1-c1ccccc1. The Bertz CT molecular complexity index is 955. The Morgan fingerprint density at radius 1 is 1.21 bits per heavy atom. The second kappa shape index (κ2) is 9.93. The molecule has 0 saturated carbocycles. The number of nitrogens with one attached hydrogen (secondary N) is 1. The highest BCUT2D eigenvalue weighted by Gasteiger charge is 2.20. The van der Waals surface area contributed by atoms with E-state index in [0.29, 0.717) is 18.3 Å². The second-order valence-electron chi connectivity index (χ2n) is 6.28. The van der Waals surface area contributed by atoms with Crippen molar-refractivity contribution < 1.29 is 9.53 Å². The van der Waals surface area contributed by atoms with Crippen LogP contribution in [-0.2, 0) is 11.3 Å². The minimum atomic E-state index is -0.349. The van der Waals surface area contributed by atoms with Crippen molar-refractivity contribution in [2.24, 2.45) is 0 Å². The van der Waals surface area contributed by atoms with E-state index in [1.165, 1.54) is 11.8 Å². The van der Waals surface area contributed by atoms with Crippen molar-refractivity contribution >= 4 is 23.4 Å². The number of benzene rings is 2. The normalized spacial score (nSPS) is 11.7.